The van der Waals surface area contributed by atoms with Crippen molar-refractivity contribution in [3.05, 3.63) is 36.2 Å². The van der Waals surface area contributed by atoms with Crippen molar-refractivity contribution in [2.24, 2.45) is 5.41 Å². The van der Waals surface area contributed by atoms with E-state index in [4.69, 9.17) is 9.84 Å². The van der Waals surface area contributed by atoms with E-state index in [1.54, 1.807) is 34.0 Å². The van der Waals surface area contributed by atoms with Gasteiger partial charge in [0, 0.05) is 39.0 Å². The minimum absolute atomic E-state index is 0.0264. The summed E-state index contributed by atoms with van der Waals surface area (Å²) in [7, 11) is -2.51. The van der Waals surface area contributed by atoms with Crippen LogP contribution in [0.2, 0.25) is 0 Å². The Balaban J connectivity index is 1.34. The summed E-state index contributed by atoms with van der Waals surface area (Å²) in [6.45, 7) is 1.16. The SMILES string of the molecule is COC(=O)c1cc(-c2cn(-c3ccc(NS(=O)(=O)CCO)cc3N3CCC4(CC3)CC4)nn2)nc(N2CCC(F)(F)CC2)n1. The number of carbonyl (C=O) groups is 1. The molecule has 1 aliphatic carbocycles. The van der Waals surface area contributed by atoms with Crippen molar-refractivity contribution in [2.75, 3.05) is 60.2 Å². The van der Waals surface area contributed by atoms with Crippen molar-refractivity contribution < 1.29 is 31.8 Å². The second-order valence-electron chi connectivity index (χ2n) is 11.7. The van der Waals surface area contributed by atoms with E-state index in [-0.39, 0.29) is 43.3 Å². The highest BCUT2D eigenvalue weighted by atomic mass is 32.2. The van der Waals surface area contributed by atoms with Gasteiger partial charge < -0.3 is 19.6 Å². The quantitative estimate of drug-likeness (QED) is 0.335. The number of aliphatic hydroxyl groups excluding tert-OH is 1. The maximum absolute atomic E-state index is 13.8. The van der Waals surface area contributed by atoms with Crippen LogP contribution in [-0.4, -0.2) is 96.0 Å². The van der Waals surface area contributed by atoms with E-state index >= 15 is 0 Å². The van der Waals surface area contributed by atoms with Crippen molar-refractivity contribution >= 4 is 33.3 Å². The standard InChI is InChI=1S/C28H34F2N8O5S/c1-43-25(40)21-17-20(31-26(32-21)37-12-8-28(29,30)9-13-37)22-18-38(35-33-22)23-3-2-19(34-44(41,42)15-14-39)16-24(23)36-10-6-27(4-5-27)7-11-36/h2-3,16-18,34,39H,4-15H2,1H3. The Morgan fingerprint density at radius 2 is 1.68 bits per heavy atom. The van der Waals surface area contributed by atoms with Crippen LogP contribution in [0.5, 0.6) is 0 Å². The lowest BCUT2D eigenvalue weighted by molar-refractivity contribution is -0.0222. The lowest BCUT2D eigenvalue weighted by atomic mass is 9.93. The topological polar surface area (TPSA) is 156 Å². The number of sulfonamides is 1. The van der Waals surface area contributed by atoms with Crippen molar-refractivity contribution in [2.45, 2.75) is 44.4 Å². The third kappa shape index (κ3) is 6.45. The zero-order valence-electron chi connectivity index (χ0n) is 24.2. The van der Waals surface area contributed by atoms with Crippen LogP contribution < -0.4 is 14.5 Å². The molecule has 1 spiro atoms. The van der Waals surface area contributed by atoms with Gasteiger partial charge in [0.15, 0.2) is 5.69 Å². The van der Waals surface area contributed by atoms with Gasteiger partial charge in [0.1, 0.15) is 5.69 Å². The van der Waals surface area contributed by atoms with Gasteiger partial charge in [0.2, 0.25) is 16.0 Å². The van der Waals surface area contributed by atoms with Crippen molar-refractivity contribution in [3.63, 3.8) is 0 Å². The first-order valence-electron chi connectivity index (χ1n) is 14.5. The van der Waals surface area contributed by atoms with Gasteiger partial charge in [0.25, 0.3) is 5.92 Å². The van der Waals surface area contributed by atoms with Gasteiger partial charge in [-0.25, -0.2) is 36.6 Å². The molecule has 2 saturated heterocycles. The predicted octanol–water partition coefficient (Wildman–Crippen LogP) is 2.86. The number of nitrogens with one attached hydrogen (secondary N) is 1. The summed E-state index contributed by atoms with van der Waals surface area (Å²) in [6.07, 6.45) is 5.48. The average Bonchev–Trinajstić information content (AvgIpc) is 3.56. The molecule has 0 atom stereocenters. The molecule has 6 rings (SSSR count). The Morgan fingerprint density at radius 1 is 0.977 bits per heavy atom. The van der Waals surface area contributed by atoms with Gasteiger partial charge in [-0.15, -0.1) is 5.10 Å². The molecule has 1 aromatic carbocycles. The second kappa shape index (κ2) is 11.5. The maximum atomic E-state index is 13.8. The first-order valence-corrected chi connectivity index (χ1v) is 16.2. The Bertz CT molecular complexity index is 1640. The van der Waals surface area contributed by atoms with Gasteiger partial charge >= 0.3 is 5.97 Å². The molecule has 16 heteroatoms. The number of nitrogens with zero attached hydrogens (tertiary/aromatic N) is 7. The molecule has 44 heavy (non-hydrogen) atoms. The molecule has 1 saturated carbocycles. The number of rotatable bonds is 9. The van der Waals surface area contributed by atoms with E-state index < -0.39 is 34.3 Å². The monoisotopic (exact) mass is 632 g/mol. The minimum Gasteiger partial charge on any atom is -0.464 e. The summed E-state index contributed by atoms with van der Waals surface area (Å²) < 4.78 is 61.3. The molecule has 3 fully saturated rings. The predicted molar refractivity (Wildman–Crippen MR) is 158 cm³/mol. The number of aromatic nitrogens is 5. The molecular formula is C28H34F2N8O5S. The molecule has 2 aromatic heterocycles. The zero-order valence-corrected chi connectivity index (χ0v) is 25.1. The number of anilines is 3. The Morgan fingerprint density at radius 3 is 2.34 bits per heavy atom. The highest BCUT2D eigenvalue weighted by molar-refractivity contribution is 7.92. The van der Waals surface area contributed by atoms with Gasteiger partial charge in [-0.05, 0) is 55.4 Å². The average molecular weight is 633 g/mol. The smallest absolute Gasteiger partial charge is 0.356 e. The number of aliphatic hydroxyl groups is 1. The van der Waals surface area contributed by atoms with Crippen molar-refractivity contribution in [1.29, 1.82) is 0 Å². The Labute approximate surface area is 253 Å². The van der Waals surface area contributed by atoms with Crippen LogP contribution in [0.25, 0.3) is 17.1 Å². The van der Waals surface area contributed by atoms with E-state index in [1.165, 1.54) is 26.0 Å². The molecule has 3 aliphatic rings. The van der Waals surface area contributed by atoms with Crippen LogP contribution >= 0.6 is 0 Å². The molecule has 0 unspecified atom stereocenters. The van der Waals surface area contributed by atoms with E-state index in [0.29, 0.717) is 22.5 Å². The van der Waals surface area contributed by atoms with Crippen molar-refractivity contribution in [3.8, 4) is 17.1 Å². The van der Waals surface area contributed by atoms with E-state index in [9.17, 15) is 22.0 Å². The molecule has 0 amide bonds. The molecule has 0 radical (unpaired) electrons. The number of halogens is 2. The molecule has 2 N–H and O–H groups in total. The summed E-state index contributed by atoms with van der Waals surface area (Å²) in [6, 6.07) is 6.53. The number of esters is 1. The molecule has 4 heterocycles. The fourth-order valence-electron chi connectivity index (χ4n) is 5.73. The highest BCUT2D eigenvalue weighted by Gasteiger charge is 2.44. The number of ether oxygens (including phenoxy) is 1. The number of piperidine rings is 2. The van der Waals surface area contributed by atoms with Crippen LogP contribution in [0.1, 0.15) is 49.0 Å². The van der Waals surface area contributed by atoms with E-state index in [2.05, 4.69) is 29.9 Å². The van der Waals surface area contributed by atoms with E-state index in [0.717, 1.165) is 31.6 Å². The third-order valence-electron chi connectivity index (χ3n) is 8.62. The van der Waals surface area contributed by atoms with Gasteiger partial charge in [0.05, 0.1) is 48.4 Å². The lowest BCUT2D eigenvalue weighted by Crippen LogP contribution is -2.40. The van der Waals surface area contributed by atoms with Gasteiger partial charge in [-0.1, -0.05) is 5.21 Å². The van der Waals surface area contributed by atoms with Crippen LogP contribution in [0.3, 0.4) is 0 Å². The van der Waals surface area contributed by atoms with E-state index in [1.807, 2.05) is 0 Å². The molecule has 236 valence electrons. The highest BCUT2D eigenvalue weighted by Crippen LogP contribution is 2.54. The largest absolute Gasteiger partial charge is 0.464 e. The van der Waals surface area contributed by atoms with Crippen LogP contribution in [-0.2, 0) is 14.8 Å². The summed E-state index contributed by atoms with van der Waals surface area (Å²) in [4.78, 5) is 25.1. The first kappa shape index (κ1) is 30.1. The summed E-state index contributed by atoms with van der Waals surface area (Å²) in [5.41, 5.74) is 2.73. The lowest BCUT2D eigenvalue weighted by Gasteiger charge is -2.35. The van der Waals surface area contributed by atoms with Gasteiger partial charge in [-0.2, -0.15) is 0 Å². The van der Waals surface area contributed by atoms with Crippen LogP contribution in [0.4, 0.5) is 26.1 Å². The molecule has 13 nitrogen and oxygen atoms in total. The third-order valence-corrected chi connectivity index (χ3v) is 9.89. The number of hydrogen-bond donors (Lipinski definition) is 2. The second-order valence-corrected chi connectivity index (χ2v) is 13.5. The number of hydrogen-bond acceptors (Lipinski definition) is 11. The Kier molecular flexibility index (Phi) is 7.90. The van der Waals surface area contributed by atoms with Gasteiger partial charge in [-0.3, -0.25) is 4.72 Å². The maximum Gasteiger partial charge on any atom is 0.356 e. The summed E-state index contributed by atoms with van der Waals surface area (Å²) >= 11 is 0. The molecule has 2 aliphatic heterocycles. The number of methoxy groups -OCH3 is 1. The van der Waals surface area contributed by atoms with Crippen LogP contribution in [0, 0.1) is 5.41 Å². The number of carbonyl (C=O) groups excluding carboxylic acids is 1. The summed E-state index contributed by atoms with van der Waals surface area (Å²) in [5.74, 6) is -3.77. The number of benzene rings is 1. The zero-order chi connectivity index (χ0) is 31.1. The molecule has 3 aromatic rings. The van der Waals surface area contributed by atoms with Crippen LogP contribution in [0.15, 0.2) is 30.5 Å². The first-order chi connectivity index (χ1) is 21.0. The normalized spacial score (nSPS) is 19.2. The Hall–Kier alpha value is -3.92. The number of alkyl halides is 2. The molecular weight excluding hydrogens is 598 g/mol. The molecule has 0 bridgehead atoms. The van der Waals surface area contributed by atoms with Crippen molar-refractivity contribution in [1.82, 2.24) is 25.0 Å². The fraction of sp³-hybridized carbons (Fsp3) is 0.536. The summed E-state index contributed by atoms with van der Waals surface area (Å²) in [5, 5.41) is 17.8. The minimum atomic E-state index is -3.73. The fourth-order valence-corrected chi connectivity index (χ4v) is 6.56.